The van der Waals surface area contributed by atoms with Gasteiger partial charge < -0.3 is 4.57 Å². The Kier molecular flexibility index (Phi) is 4.80. The number of rotatable bonds is 4. The molecule has 0 bridgehead atoms. The first-order valence-corrected chi connectivity index (χ1v) is 9.88. The van der Waals surface area contributed by atoms with Crippen LogP contribution in [0.2, 0.25) is 0 Å². The van der Waals surface area contributed by atoms with Crippen molar-refractivity contribution in [3.8, 4) is 28.8 Å². The van der Waals surface area contributed by atoms with Crippen molar-refractivity contribution in [2.45, 2.75) is 18.7 Å². The summed E-state index contributed by atoms with van der Waals surface area (Å²) in [5.74, 6) is 1.71. The topological polar surface area (TPSA) is 80.3 Å². The zero-order valence-corrected chi connectivity index (χ0v) is 16.7. The van der Waals surface area contributed by atoms with E-state index in [1.807, 2.05) is 43.1 Å². The second-order valence-corrected chi connectivity index (χ2v) is 7.70. The maximum Gasteiger partial charge on any atom is 0.161 e. The molecule has 0 fully saturated rings. The number of hydrogen-bond acceptors (Lipinski definition) is 6. The standard InChI is InChI=1S/C21H18N6S/c1-4-28-18-8-15(16-6-5-14(9-22)11-23-16)12-24-19(18)21-26-17-7-13(2)10-25-20(17)27(21)3/h5-8,10-12H,4H2,1-3H3. The van der Waals surface area contributed by atoms with Crippen molar-refractivity contribution in [2.75, 3.05) is 5.75 Å². The normalized spacial score (nSPS) is 10.9. The third-order valence-electron chi connectivity index (χ3n) is 4.40. The van der Waals surface area contributed by atoms with Crippen LogP contribution in [0, 0.1) is 18.3 Å². The first kappa shape index (κ1) is 18.1. The number of pyridine rings is 3. The Bertz CT molecular complexity index is 1200. The maximum absolute atomic E-state index is 8.96. The molecule has 0 N–H and O–H groups in total. The highest BCUT2D eigenvalue weighted by molar-refractivity contribution is 7.99. The molecule has 0 aliphatic rings. The number of hydrogen-bond donors (Lipinski definition) is 0. The van der Waals surface area contributed by atoms with E-state index in [0.717, 1.165) is 50.2 Å². The van der Waals surface area contributed by atoms with Crippen LogP contribution in [0.5, 0.6) is 0 Å². The van der Waals surface area contributed by atoms with Crippen LogP contribution in [0.3, 0.4) is 0 Å². The summed E-state index contributed by atoms with van der Waals surface area (Å²) in [7, 11) is 1.96. The zero-order valence-electron chi connectivity index (χ0n) is 15.8. The molecule has 4 heterocycles. The van der Waals surface area contributed by atoms with Gasteiger partial charge in [-0.15, -0.1) is 11.8 Å². The van der Waals surface area contributed by atoms with Crippen LogP contribution in [0.4, 0.5) is 0 Å². The van der Waals surface area contributed by atoms with Crippen molar-refractivity contribution < 1.29 is 0 Å². The van der Waals surface area contributed by atoms with E-state index in [2.05, 4.69) is 29.0 Å². The van der Waals surface area contributed by atoms with Crippen molar-refractivity contribution in [2.24, 2.45) is 7.05 Å². The summed E-state index contributed by atoms with van der Waals surface area (Å²) in [6.45, 7) is 4.12. The molecule has 4 aromatic heterocycles. The fourth-order valence-electron chi connectivity index (χ4n) is 3.04. The van der Waals surface area contributed by atoms with Gasteiger partial charge in [-0.2, -0.15) is 5.26 Å². The third-order valence-corrected chi connectivity index (χ3v) is 5.31. The van der Waals surface area contributed by atoms with E-state index in [1.54, 1.807) is 24.0 Å². The van der Waals surface area contributed by atoms with Gasteiger partial charge in [0.15, 0.2) is 11.5 Å². The maximum atomic E-state index is 8.96. The summed E-state index contributed by atoms with van der Waals surface area (Å²) >= 11 is 1.72. The van der Waals surface area contributed by atoms with Crippen LogP contribution in [0.15, 0.2) is 47.8 Å². The Balaban J connectivity index is 1.83. The van der Waals surface area contributed by atoms with E-state index in [1.165, 1.54) is 0 Å². The summed E-state index contributed by atoms with van der Waals surface area (Å²) in [6, 6.07) is 9.82. The molecule has 0 aliphatic heterocycles. The second kappa shape index (κ2) is 7.41. The van der Waals surface area contributed by atoms with Gasteiger partial charge in [0, 0.05) is 36.1 Å². The second-order valence-electron chi connectivity index (χ2n) is 6.40. The molecule has 0 atom stereocenters. The van der Waals surface area contributed by atoms with Gasteiger partial charge in [0.05, 0.1) is 11.3 Å². The molecule has 0 unspecified atom stereocenters. The summed E-state index contributed by atoms with van der Waals surface area (Å²) in [4.78, 5) is 19.5. The van der Waals surface area contributed by atoms with Crippen LogP contribution in [-0.4, -0.2) is 30.3 Å². The molecular formula is C21H18N6S. The average molecular weight is 386 g/mol. The minimum absolute atomic E-state index is 0.541. The Morgan fingerprint density at radius 2 is 1.96 bits per heavy atom. The first-order chi connectivity index (χ1) is 13.6. The summed E-state index contributed by atoms with van der Waals surface area (Å²) < 4.78 is 1.98. The van der Waals surface area contributed by atoms with Crippen LogP contribution in [0.1, 0.15) is 18.1 Å². The Hall–Kier alpha value is -3.24. The molecule has 7 heteroatoms. The van der Waals surface area contributed by atoms with Gasteiger partial charge in [-0.25, -0.2) is 9.97 Å². The molecule has 28 heavy (non-hydrogen) atoms. The predicted molar refractivity (Wildman–Crippen MR) is 111 cm³/mol. The van der Waals surface area contributed by atoms with Gasteiger partial charge >= 0.3 is 0 Å². The van der Waals surface area contributed by atoms with Crippen LogP contribution < -0.4 is 0 Å². The molecule has 138 valence electrons. The van der Waals surface area contributed by atoms with Crippen molar-refractivity contribution >= 4 is 22.9 Å². The summed E-state index contributed by atoms with van der Waals surface area (Å²) in [5, 5.41) is 8.96. The van der Waals surface area contributed by atoms with Gasteiger partial charge in [-0.05, 0) is 42.5 Å². The highest BCUT2D eigenvalue weighted by atomic mass is 32.2. The van der Waals surface area contributed by atoms with Crippen LogP contribution in [-0.2, 0) is 7.05 Å². The minimum Gasteiger partial charge on any atom is -0.310 e. The zero-order chi connectivity index (χ0) is 19.7. The van der Waals surface area contributed by atoms with Crippen LogP contribution in [0.25, 0.3) is 33.9 Å². The predicted octanol–water partition coefficient (Wildman–Crippen LogP) is 4.38. The van der Waals surface area contributed by atoms with Gasteiger partial charge in [-0.1, -0.05) is 6.92 Å². The van der Waals surface area contributed by atoms with E-state index in [9.17, 15) is 0 Å². The molecule has 0 amide bonds. The largest absolute Gasteiger partial charge is 0.310 e. The fourth-order valence-corrected chi connectivity index (χ4v) is 3.84. The Morgan fingerprint density at radius 1 is 1.11 bits per heavy atom. The monoisotopic (exact) mass is 386 g/mol. The lowest BCUT2D eigenvalue weighted by molar-refractivity contribution is 0.927. The number of thioether (sulfide) groups is 1. The SMILES string of the molecule is CCSc1cc(-c2ccc(C#N)cn2)cnc1-c1nc2cc(C)cnc2n1C. The van der Waals surface area contributed by atoms with Crippen LogP contribution >= 0.6 is 11.8 Å². The van der Waals surface area contributed by atoms with Crippen molar-refractivity contribution in [3.63, 3.8) is 0 Å². The fraction of sp³-hybridized carbons (Fsp3) is 0.190. The van der Waals surface area contributed by atoms with Gasteiger partial charge in [-0.3, -0.25) is 9.97 Å². The van der Waals surface area contributed by atoms with Gasteiger partial charge in [0.25, 0.3) is 0 Å². The molecule has 4 aromatic rings. The summed E-state index contributed by atoms with van der Waals surface area (Å²) in [5.41, 5.74) is 5.87. The molecule has 0 radical (unpaired) electrons. The molecule has 0 spiro atoms. The quantitative estimate of drug-likeness (QED) is 0.484. The number of fused-ring (bicyclic) bond motifs is 1. The highest BCUT2D eigenvalue weighted by Crippen LogP contribution is 2.33. The van der Waals surface area contributed by atoms with E-state index < -0.39 is 0 Å². The number of imidazole rings is 1. The molecule has 0 saturated heterocycles. The number of nitrogens with zero attached hydrogens (tertiary/aromatic N) is 6. The molecular weight excluding hydrogens is 368 g/mol. The van der Waals surface area contributed by atoms with Crippen molar-refractivity contribution in [3.05, 3.63) is 54.0 Å². The smallest absolute Gasteiger partial charge is 0.161 e. The molecule has 0 saturated carbocycles. The molecule has 4 rings (SSSR count). The minimum atomic E-state index is 0.541. The van der Waals surface area contributed by atoms with E-state index >= 15 is 0 Å². The lowest BCUT2D eigenvalue weighted by Gasteiger charge is -2.10. The first-order valence-electron chi connectivity index (χ1n) is 8.89. The number of aryl methyl sites for hydroxylation is 2. The molecule has 6 nitrogen and oxygen atoms in total. The van der Waals surface area contributed by atoms with Crippen molar-refractivity contribution in [1.29, 1.82) is 5.26 Å². The molecule has 0 aromatic carbocycles. The Labute approximate surface area is 167 Å². The lowest BCUT2D eigenvalue weighted by Crippen LogP contribution is -1.98. The third kappa shape index (κ3) is 3.23. The van der Waals surface area contributed by atoms with Gasteiger partial charge in [0.2, 0.25) is 0 Å². The number of nitriles is 1. The van der Waals surface area contributed by atoms with E-state index in [0.29, 0.717) is 5.56 Å². The van der Waals surface area contributed by atoms with Crippen molar-refractivity contribution in [1.82, 2.24) is 24.5 Å². The van der Waals surface area contributed by atoms with Gasteiger partial charge in [0.1, 0.15) is 17.3 Å². The number of aromatic nitrogens is 5. The lowest BCUT2D eigenvalue weighted by atomic mass is 10.1. The summed E-state index contributed by atoms with van der Waals surface area (Å²) in [6.07, 6.45) is 5.24. The van der Waals surface area contributed by atoms with E-state index in [-0.39, 0.29) is 0 Å². The Morgan fingerprint density at radius 3 is 2.68 bits per heavy atom. The highest BCUT2D eigenvalue weighted by Gasteiger charge is 2.17. The average Bonchev–Trinajstić information content (AvgIpc) is 3.04. The van der Waals surface area contributed by atoms with E-state index in [4.69, 9.17) is 15.2 Å². The molecule has 0 aliphatic carbocycles.